The molecule has 0 spiro atoms. The Morgan fingerprint density at radius 3 is 2.69 bits per heavy atom. The lowest BCUT2D eigenvalue weighted by Gasteiger charge is -2.33. The Bertz CT molecular complexity index is 753. The van der Waals surface area contributed by atoms with Gasteiger partial charge < -0.3 is 16.0 Å². The molecule has 9 nitrogen and oxygen atoms in total. The van der Waals surface area contributed by atoms with Crippen LogP contribution in [0, 0.1) is 21.4 Å². The number of hydrogen-bond acceptors (Lipinski definition) is 7. The quantitative estimate of drug-likeness (QED) is 0.329. The van der Waals surface area contributed by atoms with Crippen LogP contribution in [0.3, 0.4) is 0 Å². The maximum absolute atomic E-state index is 12.3. The molecule has 26 heavy (non-hydrogen) atoms. The summed E-state index contributed by atoms with van der Waals surface area (Å²) in [4.78, 5) is 26.7. The molecule has 0 aliphatic carbocycles. The predicted molar refractivity (Wildman–Crippen MR) is 97.5 cm³/mol. The molecule has 0 saturated carbocycles. The summed E-state index contributed by atoms with van der Waals surface area (Å²) in [5, 5.41) is 22.7. The van der Waals surface area contributed by atoms with Gasteiger partial charge >= 0.3 is 0 Å². The molecule has 0 radical (unpaired) electrons. The van der Waals surface area contributed by atoms with Gasteiger partial charge in [-0.25, -0.2) is 0 Å². The molecule has 1 fully saturated rings. The van der Waals surface area contributed by atoms with Gasteiger partial charge in [-0.3, -0.25) is 19.8 Å². The highest BCUT2D eigenvalue weighted by molar-refractivity contribution is 6.34. The Balaban J connectivity index is 2.07. The van der Waals surface area contributed by atoms with Crippen LogP contribution in [0.2, 0.25) is 5.02 Å². The van der Waals surface area contributed by atoms with Crippen molar-refractivity contribution in [3.8, 4) is 6.07 Å². The molecule has 0 atom stereocenters. The molecular weight excluding hydrogens is 360 g/mol. The van der Waals surface area contributed by atoms with Crippen molar-refractivity contribution in [2.24, 2.45) is 5.73 Å². The minimum Gasteiger partial charge on any atom is -0.374 e. The third-order valence-corrected chi connectivity index (χ3v) is 4.27. The van der Waals surface area contributed by atoms with Gasteiger partial charge in [0.25, 0.3) is 11.6 Å². The summed E-state index contributed by atoms with van der Waals surface area (Å²) in [5.74, 6) is -0.667. The fourth-order valence-electron chi connectivity index (χ4n) is 2.53. The van der Waals surface area contributed by atoms with Crippen molar-refractivity contribution < 1.29 is 9.72 Å². The normalized spacial score (nSPS) is 15.4. The number of benzene rings is 1. The molecule has 138 valence electrons. The Morgan fingerprint density at radius 2 is 2.12 bits per heavy atom. The fourth-order valence-corrected chi connectivity index (χ4v) is 2.70. The molecule has 3 N–H and O–H groups in total. The molecule has 2 rings (SSSR count). The van der Waals surface area contributed by atoms with E-state index >= 15 is 0 Å². The average molecular weight is 379 g/mol. The molecule has 1 aromatic rings. The summed E-state index contributed by atoms with van der Waals surface area (Å²) in [7, 11) is 0. The molecule has 1 saturated heterocycles. The average Bonchev–Trinajstić information content (AvgIpc) is 2.62. The topological polar surface area (TPSA) is 129 Å². The van der Waals surface area contributed by atoms with Crippen LogP contribution < -0.4 is 11.1 Å². The fraction of sp³-hybridized carbons (Fsp3) is 0.375. The van der Waals surface area contributed by atoms with Crippen molar-refractivity contribution in [1.29, 1.82) is 5.26 Å². The summed E-state index contributed by atoms with van der Waals surface area (Å²) >= 11 is 5.96. The van der Waals surface area contributed by atoms with Gasteiger partial charge in [-0.2, -0.15) is 5.26 Å². The lowest BCUT2D eigenvalue weighted by molar-refractivity contribution is -0.384. The SMILES string of the molecule is N#C/C(=C/N1CCN(CCN)CC1)C(=O)Nc1cc([N+](=O)[O-])ccc1Cl. The number of nitrogens with two attached hydrogens (primary N) is 1. The van der Waals surface area contributed by atoms with E-state index in [1.807, 2.05) is 11.0 Å². The summed E-state index contributed by atoms with van der Waals surface area (Å²) < 4.78 is 0. The van der Waals surface area contributed by atoms with E-state index in [1.165, 1.54) is 18.3 Å². The van der Waals surface area contributed by atoms with E-state index in [2.05, 4.69) is 10.2 Å². The second-order valence-electron chi connectivity index (χ2n) is 5.70. The van der Waals surface area contributed by atoms with Gasteiger partial charge in [-0.15, -0.1) is 0 Å². The van der Waals surface area contributed by atoms with Gasteiger partial charge in [0.05, 0.1) is 15.6 Å². The van der Waals surface area contributed by atoms with Crippen LogP contribution in [-0.2, 0) is 4.79 Å². The molecule has 1 aliphatic rings. The monoisotopic (exact) mass is 378 g/mol. The summed E-state index contributed by atoms with van der Waals surface area (Å²) in [5.41, 5.74) is 5.32. The molecule has 1 aromatic carbocycles. The number of carbonyl (C=O) groups is 1. The van der Waals surface area contributed by atoms with Crippen LogP contribution in [0.15, 0.2) is 30.0 Å². The number of nitrogens with one attached hydrogen (secondary N) is 1. The number of nitro benzene ring substituents is 1. The van der Waals surface area contributed by atoms with Crippen LogP contribution in [0.4, 0.5) is 11.4 Å². The number of nitro groups is 1. The van der Waals surface area contributed by atoms with Crippen LogP contribution in [0.25, 0.3) is 0 Å². The van der Waals surface area contributed by atoms with Gasteiger partial charge in [0.2, 0.25) is 0 Å². The molecule has 1 heterocycles. The molecule has 0 aromatic heterocycles. The molecule has 1 aliphatic heterocycles. The highest BCUT2D eigenvalue weighted by Crippen LogP contribution is 2.27. The summed E-state index contributed by atoms with van der Waals surface area (Å²) in [6, 6.07) is 5.57. The van der Waals surface area contributed by atoms with Gasteiger partial charge in [-0.1, -0.05) is 11.6 Å². The Hall–Kier alpha value is -2.67. The molecule has 1 amide bonds. The van der Waals surface area contributed by atoms with Gasteiger partial charge in [0.15, 0.2) is 0 Å². The maximum atomic E-state index is 12.3. The first kappa shape index (κ1) is 19.7. The third-order valence-electron chi connectivity index (χ3n) is 3.94. The number of non-ortho nitro benzene ring substituents is 1. The first-order chi connectivity index (χ1) is 12.4. The van der Waals surface area contributed by atoms with E-state index in [4.69, 9.17) is 17.3 Å². The highest BCUT2D eigenvalue weighted by atomic mass is 35.5. The van der Waals surface area contributed by atoms with Crippen LogP contribution in [-0.4, -0.2) is 59.9 Å². The van der Waals surface area contributed by atoms with E-state index in [0.29, 0.717) is 19.6 Å². The number of hydrogen-bond donors (Lipinski definition) is 2. The van der Waals surface area contributed by atoms with Gasteiger partial charge in [-0.05, 0) is 6.07 Å². The van der Waals surface area contributed by atoms with E-state index in [0.717, 1.165) is 25.7 Å². The first-order valence-corrected chi connectivity index (χ1v) is 8.36. The number of piperazine rings is 1. The highest BCUT2D eigenvalue weighted by Gasteiger charge is 2.18. The molecule has 10 heteroatoms. The lowest BCUT2D eigenvalue weighted by Crippen LogP contribution is -2.45. The van der Waals surface area contributed by atoms with Crippen molar-refractivity contribution in [1.82, 2.24) is 9.80 Å². The second-order valence-corrected chi connectivity index (χ2v) is 6.10. The number of carbonyl (C=O) groups excluding carboxylic acids is 1. The van der Waals surface area contributed by atoms with Crippen molar-refractivity contribution >= 4 is 28.9 Å². The summed E-state index contributed by atoms with van der Waals surface area (Å²) in [6.07, 6.45) is 1.50. The van der Waals surface area contributed by atoms with Crippen LogP contribution in [0.1, 0.15) is 0 Å². The van der Waals surface area contributed by atoms with E-state index in [-0.39, 0.29) is 22.0 Å². The molecule has 0 bridgehead atoms. The number of anilines is 1. The van der Waals surface area contributed by atoms with Crippen LogP contribution in [0.5, 0.6) is 0 Å². The maximum Gasteiger partial charge on any atom is 0.271 e. The number of rotatable bonds is 6. The van der Waals surface area contributed by atoms with E-state index in [1.54, 1.807) is 0 Å². The minimum atomic E-state index is -0.667. The zero-order valence-electron chi connectivity index (χ0n) is 14.0. The Kier molecular flexibility index (Phi) is 6.91. The predicted octanol–water partition coefficient (Wildman–Crippen LogP) is 1.17. The van der Waals surface area contributed by atoms with Gasteiger partial charge in [0.1, 0.15) is 11.6 Å². The van der Waals surface area contributed by atoms with Crippen LogP contribution >= 0.6 is 11.6 Å². The first-order valence-electron chi connectivity index (χ1n) is 7.98. The number of amides is 1. The van der Waals surface area contributed by atoms with Crippen molar-refractivity contribution in [2.45, 2.75) is 0 Å². The number of nitrogens with zero attached hydrogens (tertiary/aromatic N) is 4. The van der Waals surface area contributed by atoms with Crippen molar-refractivity contribution in [2.75, 3.05) is 44.6 Å². The Morgan fingerprint density at radius 1 is 1.42 bits per heavy atom. The lowest BCUT2D eigenvalue weighted by atomic mass is 10.2. The Labute approximate surface area is 155 Å². The smallest absolute Gasteiger partial charge is 0.271 e. The zero-order chi connectivity index (χ0) is 19.1. The molecule has 0 unspecified atom stereocenters. The standard InChI is InChI=1S/C16H19ClN6O3/c17-14-2-1-13(23(25)26)9-15(14)20-16(24)12(10-19)11-22-7-5-21(4-3-18)6-8-22/h1-2,9,11H,3-8,18H2,(H,20,24)/b12-11-. The second kappa shape index (κ2) is 9.15. The zero-order valence-corrected chi connectivity index (χ0v) is 14.8. The van der Waals surface area contributed by atoms with E-state index < -0.39 is 10.8 Å². The van der Waals surface area contributed by atoms with Crippen molar-refractivity contribution in [3.05, 3.63) is 45.1 Å². The van der Waals surface area contributed by atoms with Crippen molar-refractivity contribution in [3.63, 3.8) is 0 Å². The number of nitriles is 1. The third kappa shape index (κ3) is 5.16. The van der Waals surface area contributed by atoms with E-state index in [9.17, 15) is 20.2 Å². The number of halogens is 1. The summed E-state index contributed by atoms with van der Waals surface area (Å²) in [6.45, 7) is 4.35. The largest absolute Gasteiger partial charge is 0.374 e. The molecular formula is C16H19ClN6O3. The van der Waals surface area contributed by atoms with Gasteiger partial charge in [0, 0.05) is 57.6 Å². The minimum absolute atomic E-state index is 0.0831.